The third-order valence-electron chi connectivity index (χ3n) is 2.19. The number of aryl methyl sites for hydroxylation is 1. The van der Waals surface area contributed by atoms with Gasteiger partial charge in [0, 0.05) is 5.69 Å². The summed E-state index contributed by atoms with van der Waals surface area (Å²) in [5.41, 5.74) is 1.01. The molecule has 1 aromatic rings. The topological polar surface area (TPSA) is 95.4 Å². The van der Waals surface area contributed by atoms with Crippen molar-refractivity contribution in [1.82, 2.24) is 9.97 Å². The Morgan fingerprint density at radius 3 is 2.81 bits per heavy atom. The highest BCUT2D eigenvalue weighted by Crippen LogP contribution is 2.19. The maximum atomic E-state index is 11.1. The molecule has 0 aliphatic heterocycles. The molecule has 0 saturated carbocycles. The lowest BCUT2D eigenvalue weighted by molar-refractivity contribution is -0.147. The average Bonchev–Trinajstić information content (AvgIpc) is 2.63. The second-order valence-electron chi connectivity index (χ2n) is 3.43. The van der Waals surface area contributed by atoms with Gasteiger partial charge in [0.1, 0.15) is 6.10 Å². The van der Waals surface area contributed by atoms with Crippen molar-refractivity contribution in [3.05, 3.63) is 17.7 Å². The predicted octanol–water partition coefficient (Wildman–Crippen LogP) is 0.0656. The summed E-state index contributed by atoms with van der Waals surface area (Å²) < 4.78 is 4.67. The second kappa shape index (κ2) is 5.62. The van der Waals surface area contributed by atoms with Crippen molar-refractivity contribution in [2.45, 2.75) is 32.5 Å². The van der Waals surface area contributed by atoms with Crippen LogP contribution in [0.4, 0.5) is 0 Å². The SMILES string of the molecule is CCOC(=O)CC(O)C(O)c1nc[nH]c1C. The smallest absolute Gasteiger partial charge is 0.308 e. The van der Waals surface area contributed by atoms with Crippen molar-refractivity contribution in [3.63, 3.8) is 0 Å². The molecule has 1 heterocycles. The summed E-state index contributed by atoms with van der Waals surface area (Å²) in [5.74, 6) is -0.540. The van der Waals surface area contributed by atoms with Gasteiger partial charge in [-0.25, -0.2) is 4.98 Å². The Labute approximate surface area is 93.3 Å². The largest absolute Gasteiger partial charge is 0.466 e. The Kier molecular flexibility index (Phi) is 4.45. The third kappa shape index (κ3) is 3.04. The van der Waals surface area contributed by atoms with Crippen LogP contribution < -0.4 is 0 Å². The molecule has 0 aromatic carbocycles. The maximum Gasteiger partial charge on any atom is 0.308 e. The highest BCUT2D eigenvalue weighted by Gasteiger charge is 2.24. The van der Waals surface area contributed by atoms with Crippen LogP contribution in [-0.4, -0.2) is 38.9 Å². The zero-order valence-corrected chi connectivity index (χ0v) is 9.30. The number of imidazole rings is 1. The van der Waals surface area contributed by atoms with Gasteiger partial charge in [-0.05, 0) is 13.8 Å². The van der Waals surface area contributed by atoms with Crippen molar-refractivity contribution in [2.75, 3.05) is 6.61 Å². The number of rotatable bonds is 5. The van der Waals surface area contributed by atoms with E-state index in [9.17, 15) is 15.0 Å². The minimum atomic E-state index is -1.21. The number of aliphatic hydroxyl groups excluding tert-OH is 2. The van der Waals surface area contributed by atoms with E-state index in [0.717, 1.165) is 0 Å². The maximum absolute atomic E-state index is 11.1. The van der Waals surface area contributed by atoms with E-state index in [4.69, 9.17) is 0 Å². The summed E-state index contributed by atoms with van der Waals surface area (Å²) in [6, 6.07) is 0. The fourth-order valence-corrected chi connectivity index (χ4v) is 1.35. The highest BCUT2D eigenvalue weighted by molar-refractivity contribution is 5.70. The van der Waals surface area contributed by atoms with Gasteiger partial charge in [0.15, 0.2) is 0 Å². The van der Waals surface area contributed by atoms with Crippen molar-refractivity contribution in [3.8, 4) is 0 Å². The number of aliphatic hydroxyl groups is 2. The number of H-pyrrole nitrogens is 1. The van der Waals surface area contributed by atoms with Crippen molar-refractivity contribution in [1.29, 1.82) is 0 Å². The van der Waals surface area contributed by atoms with Crippen LogP contribution in [0.1, 0.15) is 30.8 Å². The molecule has 2 unspecified atom stereocenters. The highest BCUT2D eigenvalue weighted by atomic mass is 16.5. The van der Waals surface area contributed by atoms with Crippen LogP contribution in [0.2, 0.25) is 0 Å². The summed E-state index contributed by atoms with van der Waals surface area (Å²) in [6.45, 7) is 3.66. The number of aromatic amines is 1. The van der Waals surface area contributed by atoms with Crippen LogP contribution >= 0.6 is 0 Å². The van der Waals surface area contributed by atoms with Gasteiger partial charge in [-0.2, -0.15) is 0 Å². The number of nitrogens with zero attached hydrogens (tertiary/aromatic N) is 1. The van der Waals surface area contributed by atoms with Gasteiger partial charge in [-0.3, -0.25) is 4.79 Å². The molecule has 2 atom stereocenters. The minimum absolute atomic E-state index is 0.249. The van der Waals surface area contributed by atoms with Gasteiger partial charge >= 0.3 is 5.97 Å². The van der Waals surface area contributed by atoms with E-state index in [1.54, 1.807) is 13.8 Å². The molecule has 0 spiro atoms. The fraction of sp³-hybridized carbons (Fsp3) is 0.600. The normalized spacial score (nSPS) is 14.5. The number of ether oxygens (including phenoxy) is 1. The lowest BCUT2D eigenvalue weighted by Gasteiger charge is -2.15. The van der Waals surface area contributed by atoms with Gasteiger partial charge < -0.3 is 19.9 Å². The first-order valence-electron chi connectivity index (χ1n) is 5.07. The first-order chi connectivity index (χ1) is 7.56. The van der Waals surface area contributed by atoms with E-state index in [2.05, 4.69) is 14.7 Å². The van der Waals surface area contributed by atoms with E-state index < -0.39 is 18.2 Å². The molecule has 0 amide bonds. The van der Waals surface area contributed by atoms with Crippen molar-refractivity contribution in [2.24, 2.45) is 0 Å². The van der Waals surface area contributed by atoms with E-state index >= 15 is 0 Å². The summed E-state index contributed by atoms with van der Waals surface area (Å²) >= 11 is 0. The molecule has 0 radical (unpaired) electrons. The Bertz CT molecular complexity index is 350. The molecular formula is C10H16N2O4. The number of hydrogen-bond acceptors (Lipinski definition) is 5. The quantitative estimate of drug-likeness (QED) is 0.620. The molecule has 0 aliphatic rings. The van der Waals surface area contributed by atoms with Crippen LogP contribution in [0, 0.1) is 6.92 Å². The van der Waals surface area contributed by atoms with Gasteiger partial charge in [0.25, 0.3) is 0 Å². The first kappa shape index (κ1) is 12.7. The Balaban J connectivity index is 2.57. The van der Waals surface area contributed by atoms with Gasteiger partial charge in [-0.15, -0.1) is 0 Å². The van der Waals surface area contributed by atoms with Crippen LogP contribution in [0.25, 0.3) is 0 Å². The Hall–Kier alpha value is -1.40. The summed E-state index contributed by atoms with van der Waals surface area (Å²) in [6.07, 6.45) is -1.22. The zero-order valence-electron chi connectivity index (χ0n) is 9.30. The molecular weight excluding hydrogens is 212 g/mol. The van der Waals surface area contributed by atoms with Gasteiger partial charge in [0.2, 0.25) is 0 Å². The lowest BCUT2D eigenvalue weighted by atomic mass is 10.1. The van der Waals surface area contributed by atoms with Crippen molar-refractivity contribution < 1.29 is 19.7 Å². The molecule has 1 aromatic heterocycles. The molecule has 0 saturated heterocycles. The molecule has 6 heteroatoms. The van der Waals surface area contributed by atoms with Crippen LogP contribution in [0.5, 0.6) is 0 Å². The summed E-state index contributed by atoms with van der Waals surface area (Å²) in [4.78, 5) is 17.7. The van der Waals surface area contributed by atoms with Crippen LogP contribution in [-0.2, 0) is 9.53 Å². The number of hydrogen-bond donors (Lipinski definition) is 3. The molecule has 0 fully saturated rings. The van der Waals surface area contributed by atoms with Gasteiger partial charge in [0.05, 0.1) is 31.2 Å². The molecule has 16 heavy (non-hydrogen) atoms. The van der Waals surface area contributed by atoms with E-state index in [0.29, 0.717) is 11.4 Å². The van der Waals surface area contributed by atoms with E-state index in [1.165, 1.54) is 6.33 Å². The Morgan fingerprint density at radius 2 is 2.31 bits per heavy atom. The van der Waals surface area contributed by atoms with Crippen LogP contribution in [0.3, 0.4) is 0 Å². The first-order valence-corrected chi connectivity index (χ1v) is 5.07. The number of carbonyl (C=O) groups excluding carboxylic acids is 1. The van der Waals surface area contributed by atoms with E-state index in [-0.39, 0.29) is 13.0 Å². The third-order valence-corrected chi connectivity index (χ3v) is 2.19. The zero-order chi connectivity index (χ0) is 12.1. The van der Waals surface area contributed by atoms with Gasteiger partial charge in [-0.1, -0.05) is 0 Å². The van der Waals surface area contributed by atoms with Crippen LogP contribution in [0.15, 0.2) is 6.33 Å². The standard InChI is InChI=1S/C10H16N2O4/c1-3-16-8(14)4-7(13)10(15)9-6(2)11-5-12-9/h5,7,10,13,15H,3-4H2,1-2H3,(H,11,12). The number of esters is 1. The average molecular weight is 228 g/mol. The van der Waals surface area contributed by atoms with Crippen molar-refractivity contribution >= 4 is 5.97 Å². The minimum Gasteiger partial charge on any atom is -0.466 e. The fourth-order valence-electron chi connectivity index (χ4n) is 1.35. The monoisotopic (exact) mass is 228 g/mol. The summed E-state index contributed by atoms with van der Waals surface area (Å²) in [7, 11) is 0. The molecule has 90 valence electrons. The molecule has 0 bridgehead atoms. The molecule has 0 aliphatic carbocycles. The lowest BCUT2D eigenvalue weighted by Crippen LogP contribution is -2.23. The summed E-state index contributed by atoms with van der Waals surface area (Å²) in [5, 5.41) is 19.3. The Morgan fingerprint density at radius 1 is 1.62 bits per heavy atom. The predicted molar refractivity (Wildman–Crippen MR) is 55.5 cm³/mol. The number of nitrogens with one attached hydrogen (secondary N) is 1. The number of carbonyl (C=O) groups is 1. The molecule has 1 rings (SSSR count). The molecule has 6 nitrogen and oxygen atoms in total. The van der Waals surface area contributed by atoms with E-state index in [1.807, 2.05) is 0 Å². The number of aromatic nitrogens is 2. The molecule has 3 N–H and O–H groups in total. The second-order valence-corrected chi connectivity index (χ2v) is 3.43.